The molecule has 0 spiro atoms. The molecule has 1 aromatic heterocycles. The standard InChI is InChI=1S/C16H22N4O/c1-11(8-15-17-18-19-20(15)5)6-7-14-12(2)9-13(21)10-16(14,3)4/h6-9,14H,10H2,1-5H3/b7-6+,11-8+. The van der Waals surface area contributed by atoms with E-state index in [1.54, 1.807) is 10.8 Å². The van der Waals surface area contributed by atoms with E-state index in [-0.39, 0.29) is 17.1 Å². The zero-order valence-electron chi connectivity index (χ0n) is 13.3. The molecule has 0 radical (unpaired) electrons. The zero-order chi connectivity index (χ0) is 15.6. The number of hydrogen-bond acceptors (Lipinski definition) is 4. The number of nitrogens with zero attached hydrogens (tertiary/aromatic N) is 4. The molecule has 0 N–H and O–H groups in total. The molecule has 2 rings (SSSR count). The molecule has 0 fully saturated rings. The second kappa shape index (κ2) is 5.76. The Labute approximate surface area is 125 Å². The lowest BCUT2D eigenvalue weighted by Gasteiger charge is -2.35. The molecule has 0 saturated heterocycles. The Bertz CT molecular complexity index is 634. The molecule has 1 aromatic rings. The van der Waals surface area contributed by atoms with Gasteiger partial charge in [-0.15, -0.1) is 5.10 Å². The summed E-state index contributed by atoms with van der Waals surface area (Å²) >= 11 is 0. The Kier molecular flexibility index (Phi) is 4.21. The highest BCUT2D eigenvalue weighted by atomic mass is 16.1. The van der Waals surface area contributed by atoms with E-state index < -0.39 is 0 Å². The Hall–Kier alpha value is -2.04. The quantitative estimate of drug-likeness (QED) is 0.802. The normalized spacial score (nSPS) is 22.7. The number of aryl methyl sites for hydroxylation is 1. The van der Waals surface area contributed by atoms with Crippen LogP contribution in [0.15, 0.2) is 29.4 Å². The molecule has 0 aliphatic heterocycles. The van der Waals surface area contributed by atoms with Crippen molar-refractivity contribution in [2.24, 2.45) is 18.4 Å². The number of tetrazole rings is 1. The second-order valence-electron chi connectivity index (χ2n) is 6.41. The smallest absolute Gasteiger partial charge is 0.174 e. The third-order valence-electron chi connectivity index (χ3n) is 3.91. The second-order valence-corrected chi connectivity index (χ2v) is 6.41. The Morgan fingerprint density at radius 1 is 1.48 bits per heavy atom. The summed E-state index contributed by atoms with van der Waals surface area (Å²) in [6.45, 7) is 8.33. The fourth-order valence-electron chi connectivity index (χ4n) is 2.84. The Morgan fingerprint density at radius 3 is 2.76 bits per heavy atom. The van der Waals surface area contributed by atoms with Gasteiger partial charge in [0.15, 0.2) is 11.6 Å². The summed E-state index contributed by atoms with van der Waals surface area (Å²) in [6.07, 6.45) is 8.56. The summed E-state index contributed by atoms with van der Waals surface area (Å²) in [5.74, 6) is 1.22. The molecule has 0 amide bonds. The third-order valence-corrected chi connectivity index (χ3v) is 3.91. The molecule has 1 aliphatic rings. The highest BCUT2D eigenvalue weighted by Crippen LogP contribution is 2.40. The minimum Gasteiger partial charge on any atom is -0.295 e. The lowest BCUT2D eigenvalue weighted by Crippen LogP contribution is -2.30. The number of carbonyl (C=O) groups is 1. The molecule has 112 valence electrons. The van der Waals surface area contributed by atoms with Crippen LogP contribution >= 0.6 is 0 Å². The number of rotatable bonds is 3. The lowest BCUT2D eigenvalue weighted by atomic mass is 9.68. The van der Waals surface area contributed by atoms with E-state index in [1.165, 1.54) is 0 Å². The molecule has 1 heterocycles. The Balaban J connectivity index is 2.20. The third kappa shape index (κ3) is 3.54. The van der Waals surface area contributed by atoms with Crippen molar-refractivity contribution in [2.45, 2.75) is 34.1 Å². The minimum atomic E-state index is -0.0426. The molecule has 0 bridgehead atoms. The van der Waals surface area contributed by atoms with E-state index in [0.717, 1.165) is 17.0 Å². The largest absolute Gasteiger partial charge is 0.295 e. The van der Waals surface area contributed by atoms with Crippen LogP contribution in [0.1, 0.15) is 39.9 Å². The van der Waals surface area contributed by atoms with Gasteiger partial charge in [0, 0.05) is 19.4 Å². The molecule has 0 saturated carbocycles. The van der Waals surface area contributed by atoms with Gasteiger partial charge in [-0.1, -0.05) is 31.6 Å². The van der Waals surface area contributed by atoms with Crippen molar-refractivity contribution < 1.29 is 4.79 Å². The van der Waals surface area contributed by atoms with Crippen LogP contribution in [0.2, 0.25) is 0 Å². The molecular weight excluding hydrogens is 264 g/mol. The van der Waals surface area contributed by atoms with Crippen LogP contribution in [0.4, 0.5) is 0 Å². The van der Waals surface area contributed by atoms with Crippen LogP contribution in [0.5, 0.6) is 0 Å². The van der Waals surface area contributed by atoms with E-state index in [4.69, 9.17) is 0 Å². The predicted molar refractivity (Wildman–Crippen MR) is 82.2 cm³/mol. The SMILES string of the molecule is CC1=CC(=O)CC(C)(C)C1/C=C/C(C)=C/c1nnnn1C. The average Bonchev–Trinajstić information content (AvgIpc) is 2.72. The van der Waals surface area contributed by atoms with Gasteiger partial charge in [-0.2, -0.15) is 0 Å². The van der Waals surface area contributed by atoms with Gasteiger partial charge in [-0.3, -0.25) is 4.79 Å². The molecule has 5 nitrogen and oxygen atoms in total. The lowest BCUT2D eigenvalue weighted by molar-refractivity contribution is -0.117. The van der Waals surface area contributed by atoms with Gasteiger partial charge in [0.2, 0.25) is 0 Å². The van der Waals surface area contributed by atoms with Crippen molar-refractivity contribution in [1.29, 1.82) is 0 Å². The number of carbonyl (C=O) groups excluding carboxylic acids is 1. The van der Waals surface area contributed by atoms with E-state index in [2.05, 4.69) is 41.5 Å². The predicted octanol–water partition coefficient (Wildman–Crippen LogP) is 2.73. The molecule has 1 aliphatic carbocycles. The van der Waals surface area contributed by atoms with E-state index in [1.807, 2.05) is 27.0 Å². The maximum absolute atomic E-state index is 11.7. The van der Waals surface area contributed by atoms with Gasteiger partial charge < -0.3 is 0 Å². The molecule has 5 heteroatoms. The summed E-state index contributed by atoms with van der Waals surface area (Å²) in [5.41, 5.74) is 2.16. The summed E-state index contributed by atoms with van der Waals surface area (Å²) in [5, 5.41) is 11.4. The van der Waals surface area contributed by atoms with Crippen LogP contribution in [0.25, 0.3) is 6.08 Å². The Morgan fingerprint density at radius 2 is 2.19 bits per heavy atom. The monoisotopic (exact) mass is 286 g/mol. The zero-order valence-corrected chi connectivity index (χ0v) is 13.3. The summed E-state index contributed by atoms with van der Waals surface area (Å²) in [4.78, 5) is 11.7. The number of ketones is 1. The van der Waals surface area contributed by atoms with Crippen molar-refractivity contribution in [3.8, 4) is 0 Å². The maximum atomic E-state index is 11.7. The molecule has 21 heavy (non-hydrogen) atoms. The topological polar surface area (TPSA) is 60.7 Å². The fraction of sp³-hybridized carbons (Fsp3) is 0.500. The van der Waals surface area contributed by atoms with Gasteiger partial charge in [-0.25, -0.2) is 4.68 Å². The molecule has 1 atom stereocenters. The highest BCUT2D eigenvalue weighted by molar-refractivity contribution is 5.92. The van der Waals surface area contributed by atoms with Gasteiger partial charge in [0.1, 0.15) is 0 Å². The van der Waals surface area contributed by atoms with Gasteiger partial charge in [-0.05, 0) is 47.4 Å². The number of hydrogen-bond donors (Lipinski definition) is 0. The fourth-order valence-corrected chi connectivity index (χ4v) is 2.84. The highest BCUT2D eigenvalue weighted by Gasteiger charge is 2.34. The van der Waals surface area contributed by atoms with Crippen LogP contribution in [-0.2, 0) is 11.8 Å². The van der Waals surface area contributed by atoms with Gasteiger partial charge in [0.25, 0.3) is 0 Å². The van der Waals surface area contributed by atoms with E-state index in [9.17, 15) is 4.79 Å². The molecular formula is C16H22N4O. The number of allylic oxidation sites excluding steroid dienone is 5. The number of aromatic nitrogens is 4. The van der Waals surface area contributed by atoms with Crippen molar-refractivity contribution in [2.75, 3.05) is 0 Å². The molecule has 1 unspecified atom stereocenters. The van der Waals surface area contributed by atoms with Crippen LogP contribution in [0.3, 0.4) is 0 Å². The van der Waals surface area contributed by atoms with Crippen molar-refractivity contribution >= 4 is 11.9 Å². The summed E-state index contributed by atoms with van der Waals surface area (Å²) in [7, 11) is 1.81. The first-order valence-electron chi connectivity index (χ1n) is 7.09. The van der Waals surface area contributed by atoms with Crippen molar-refractivity contribution in [3.05, 3.63) is 35.2 Å². The van der Waals surface area contributed by atoms with Crippen molar-refractivity contribution in [1.82, 2.24) is 20.2 Å². The van der Waals surface area contributed by atoms with Crippen LogP contribution in [0, 0.1) is 11.3 Å². The van der Waals surface area contributed by atoms with E-state index in [0.29, 0.717) is 6.42 Å². The maximum Gasteiger partial charge on any atom is 0.174 e. The average molecular weight is 286 g/mol. The van der Waals surface area contributed by atoms with Gasteiger partial charge >= 0.3 is 0 Å². The summed E-state index contributed by atoms with van der Waals surface area (Å²) in [6, 6.07) is 0. The molecule has 0 aromatic carbocycles. The van der Waals surface area contributed by atoms with Gasteiger partial charge in [0.05, 0.1) is 0 Å². The van der Waals surface area contributed by atoms with Crippen LogP contribution in [-0.4, -0.2) is 26.0 Å². The first kappa shape index (κ1) is 15.4. The first-order valence-corrected chi connectivity index (χ1v) is 7.09. The summed E-state index contributed by atoms with van der Waals surface area (Å²) < 4.78 is 1.63. The van der Waals surface area contributed by atoms with Crippen LogP contribution < -0.4 is 0 Å². The van der Waals surface area contributed by atoms with E-state index >= 15 is 0 Å². The minimum absolute atomic E-state index is 0.0426. The first-order chi connectivity index (χ1) is 9.79. The van der Waals surface area contributed by atoms with Crippen molar-refractivity contribution in [3.63, 3.8) is 0 Å².